The fourth-order valence-corrected chi connectivity index (χ4v) is 3.66. The van der Waals surface area contributed by atoms with Crippen LogP contribution in [-0.2, 0) is 24.4 Å². The SMILES string of the molecule is CN(C)CCNC(=O)C1CN(Cc2ccsc2)Cc2ccnn2C1. The van der Waals surface area contributed by atoms with Crippen LogP contribution in [0.1, 0.15) is 11.3 Å². The summed E-state index contributed by atoms with van der Waals surface area (Å²) in [5.41, 5.74) is 2.48. The quantitative estimate of drug-likeness (QED) is 0.855. The Hall–Kier alpha value is -1.70. The summed E-state index contributed by atoms with van der Waals surface area (Å²) in [5, 5.41) is 11.7. The topological polar surface area (TPSA) is 53.4 Å². The number of nitrogens with one attached hydrogen (secondary N) is 1. The third-order valence-electron chi connectivity index (χ3n) is 4.28. The van der Waals surface area contributed by atoms with Gasteiger partial charge in [-0.1, -0.05) is 0 Å². The van der Waals surface area contributed by atoms with Crippen molar-refractivity contribution in [3.05, 3.63) is 40.3 Å². The van der Waals surface area contributed by atoms with Gasteiger partial charge in [0.2, 0.25) is 5.91 Å². The number of hydrogen-bond donors (Lipinski definition) is 1. The molecule has 1 aliphatic heterocycles. The van der Waals surface area contributed by atoms with Gasteiger partial charge in [-0.3, -0.25) is 14.4 Å². The van der Waals surface area contributed by atoms with Crippen molar-refractivity contribution >= 4 is 17.2 Å². The highest BCUT2D eigenvalue weighted by atomic mass is 32.1. The molecule has 0 fully saturated rings. The lowest BCUT2D eigenvalue weighted by molar-refractivity contribution is -0.126. The van der Waals surface area contributed by atoms with Gasteiger partial charge in [0.25, 0.3) is 0 Å². The maximum atomic E-state index is 12.6. The zero-order chi connectivity index (χ0) is 16.9. The van der Waals surface area contributed by atoms with Crippen molar-refractivity contribution in [3.8, 4) is 0 Å². The van der Waals surface area contributed by atoms with E-state index in [1.54, 1.807) is 11.3 Å². The molecule has 0 aliphatic carbocycles. The van der Waals surface area contributed by atoms with E-state index in [0.717, 1.165) is 26.2 Å². The van der Waals surface area contributed by atoms with E-state index < -0.39 is 0 Å². The molecule has 2 aromatic heterocycles. The molecule has 130 valence electrons. The largest absolute Gasteiger partial charge is 0.354 e. The first kappa shape index (κ1) is 17.1. The van der Waals surface area contributed by atoms with Gasteiger partial charge in [0.15, 0.2) is 0 Å². The molecule has 3 heterocycles. The van der Waals surface area contributed by atoms with Crippen molar-refractivity contribution in [1.82, 2.24) is 24.9 Å². The molecular formula is C17H25N5OS. The number of likely N-dealkylation sites (N-methyl/N-ethyl adjacent to an activating group) is 1. The molecule has 3 rings (SSSR count). The van der Waals surface area contributed by atoms with Gasteiger partial charge < -0.3 is 10.2 Å². The molecule has 6 nitrogen and oxygen atoms in total. The minimum Gasteiger partial charge on any atom is -0.354 e. The molecule has 1 unspecified atom stereocenters. The number of carbonyl (C=O) groups is 1. The van der Waals surface area contributed by atoms with Gasteiger partial charge in [-0.05, 0) is 42.6 Å². The average molecular weight is 347 g/mol. The molecule has 1 atom stereocenters. The Morgan fingerprint density at radius 1 is 1.42 bits per heavy atom. The van der Waals surface area contributed by atoms with E-state index in [1.807, 2.05) is 31.0 Å². The molecule has 24 heavy (non-hydrogen) atoms. The van der Waals surface area contributed by atoms with E-state index in [2.05, 4.69) is 37.0 Å². The molecule has 0 radical (unpaired) electrons. The highest BCUT2D eigenvalue weighted by Crippen LogP contribution is 2.19. The van der Waals surface area contributed by atoms with E-state index in [4.69, 9.17) is 0 Å². The minimum absolute atomic E-state index is 0.0769. The Labute approximate surface area is 147 Å². The average Bonchev–Trinajstić information content (AvgIpc) is 3.16. The highest BCUT2D eigenvalue weighted by Gasteiger charge is 2.27. The van der Waals surface area contributed by atoms with Crippen LogP contribution in [0.4, 0.5) is 0 Å². The third-order valence-corrected chi connectivity index (χ3v) is 5.01. The van der Waals surface area contributed by atoms with Crippen molar-refractivity contribution in [3.63, 3.8) is 0 Å². The van der Waals surface area contributed by atoms with E-state index in [1.165, 1.54) is 11.3 Å². The van der Waals surface area contributed by atoms with Gasteiger partial charge in [-0.2, -0.15) is 16.4 Å². The van der Waals surface area contributed by atoms with Crippen molar-refractivity contribution in [1.29, 1.82) is 0 Å². The van der Waals surface area contributed by atoms with E-state index in [0.29, 0.717) is 13.1 Å². The number of nitrogens with zero attached hydrogens (tertiary/aromatic N) is 4. The molecule has 0 aromatic carbocycles. The van der Waals surface area contributed by atoms with Crippen LogP contribution in [0.3, 0.4) is 0 Å². The zero-order valence-electron chi connectivity index (χ0n) is 14.3. The maximum absolute atomic E-state index is 12.6. The Bertz CT molecular complexity index is 652. The molecule has 0 saturated heterocycles. The van der Waals surface area contributed by atoms with Crippen LogP contribution in [0, 0.1) is 5.92 Å². The van der Waals surface area contributed by atoms with Crippen LogP contribution >= 0.6 is 11.3 Å². The Morgan fingerprint density at radius 2 is 2.29 bits per heavy atom. The van der Waals surface area contributed by atoms with Crippen LogP contribution in [0.5, 0.6) is 0 Å². The standard InChI is InChI=1S/C17H25N5OS/c1-20(2)7-6-18-17(23)15-10-21(9-14-4-8-24-13-14)12-16-3-5-19-22(16)11-15/h3-5,8,13,15H,6-7,9-12H2,1-2H3,(H,18,23). The first-order valence-electron chi connectivity index (χ1n) is 8.28. The summed E-state index contributed by atoms with van der Waals surface area (Å²) >= 11 is 1.71. The fraction of sp³-hybridized carbons (Fsp3) is 0.529. The highest BCUT2D eigenvalue weighted by molar-refractivity contribution is 7.07. The van der Waals surface area contributed by atoms with E-state index in [-0.39, 0.29) is 11.8 Å². The summed E-state index contributed by atoms with van der Waals surface area (Å²) < 4.78 is 1.98. The smallest absolute Gasteiger partial charge is 0.226 e. The molecule has 0 spiro atoms. The van der Waals surface area contributed by atoms with Crippen LogP contribution in [0.15, 0.2) is 29.1 Å². The molecule has 1 N–H and O–H groups in total. The second-order valence-corrected chi connectivity index (χ2v) is 7.38. The lowest BCUT2D eigenvalue weighted by Gasteiger charge is -2.23. The van der Waals surface area contributed by atoms with Crippen molar-refractivity contribution in [2.45, 2.75) is 19.6 Å². The Morgan fingerprint density at radius 3 is 3.04 bits per heavy atom. The molecule has 1 aliphatic rings. The van der Waals surface area contributed by atoms with Crippen molar-refractivity contribution < 1.29 is 4.79 Å². The van der Waals surface area contributed by atoms with Crippen LogP contribution < -0.4 is 5.32 Å². The Kier molecular flexibility index (Phi) is 5.65. The fourth-order valence-electron chi connectivity index (χ4n) is 3.00. The summed E-state index contributed by atoms with van der Waals surface area (Å²) in [6, 6.07) is 4.20. The number of fused-ring (bicyclic) bond motifs is 1. The number of thiophene rings is 1. The number of aromatic nitrogens is 2. The van der Waals surface area contributed by atoms with Gasteiger partial charge in [-0.15, -0.1) is 0 Å². The Balaban J connectivity index is 1.68. The number of hydrogen-bond acceptors (Lipinski definition) is 5. The summed E-state index contributed by atoms with van der Waals surface area (Å²) in [6.45, 7) is 4.64. The number of rotatable bonds is 6. The second-order valence-electron chi connectivity index (χ2n) is 6.60. The second kappa shape index (κ2) is 7.92. The summed E-state index contributed by atoms with van der Waals surface area (Å²) in [4.78, 5) is 17.0. The van der Waals surface area contributed by atoms with Gasteiger partial charge in [-0.25, -0.2) is 0 Å². The van der Waals surface area contributed by atoms with Crippen LogP contribution in [0.2, 0.25) is 0 Å². The molecule has 1 amide bonds. The minimum atomic E-state index is -0.0769. The number of amides is 1. The first-order valence-corrected chi connectivity index (χ1v) is 9.22. The van der Waals surface area contributed by atoms with Gasteiger partial charge in [0.1, 0.15) is 0 Å². The van der Waals surface area contributed by atoms with E-state index >= 15 is 0 Å². The summed E-state index contributed by atoms with van der Waals surface area (Å²) in [7, 11) is 4.02. The normalized spacial score (nSPS) is 18.4. The summed E-state index contributed by atoms with van der Waals surface area (Å²) in [6.07, 6.45) is 1.82. The van der Waals surface area contributed by atoms with Crippen molar-refractivity contribution in [2.24, 2.45) is 5.92 Å². The van der Waals surface area contributed by atoms with Crippen LogP contribution in [-0.4, -0.2) is 59.2 Å². The molecule has 2 aromatic rings. The molecule has 0 bridgehead atoms. The maximum Gasteiger partial charge on any atom is 0.226 e. The van der Waals surface area contributed by atoms with Crippen molar-refractivity contribution in [2.75, 3.05) is 33.7 Å². The van der Waals surface area contributed by atoms with Crippen LogP contribution in [0.25, 0.3) is 0 Å². The molecular weight excluding hydrogens is 322 g/mol. The third kappa shape index (κ3) is 4.43. The van der Waals surface area contributed by atoms with E-state index in [9.17, 15) is 4.79 Å². The lowest BCUT2D eigenvalue weighted by atomic mass is 10.1. The predicted molar refractivity (Wildman–Crippen MR) is 95.7 cm³/mol. The first-order chi connectivity index (χ1) is 11.6. The van der Waals surface area contributed by atoms with Gasteiger partial charge in [0, 0.05) is 38.9 Å². The summed E-state index contributed by atoms with van der Waals surface area (Å²) in [5.74, 6) is 0.0440. The monoisotopic (exact) mass is 347 g/mol. The van der Waals surface area contributed by atoms with Gasteiger partial charge >= 0.3 is 0 Å². The zero-order valence-corrected chi connectivity index (χ0v) is 15.1. The van der Waals surface area contributed by atoms with Gasteiger partial charge in [0.05, 0.1) is 18.2 Å². The molecule has 0 saturated carbocycles. The molecule has 7 heteroatoms. The predicted octanol–water partition coefficient (Wildman–Crippen LogP) is 1.25. The lowest BCUT2D eigenvalue weighted by Crippen LogP contribution is -2.41. The number of carbonyl (C=O) groups excluding carboxylic acids is 1.